The maximum absolute atomic E-state index is 13.1. The fourth-order valence-electron chi connectivity index (χ4n) is 3.51. The summed E-state index contributed by atoms with van der Waals surface area (Å²) >= 11 is 0. The van der Waals surface area contributed by atoms with Gasteiger partial charge in [0.05, 0.1) is 12.8 Å². The van der Waals surface area contributed by atoms with Gasteiger partial charge in [0.1, 0.15) is 5.75 Å². The van der Waals surface area contributed by atoms with Gasteiger partial charge in [0.2, 0.25) is 0 Å². The van der Waals surface area contributed by atoms with Crippen molar-refractivity contribution >= 4 is 37.3 Å². The minimum Gasteiger partial charge on any atom is -0.496 e. The summed E-state index contributed by atoms with van der Waals surface area (Å²) in [6.07, 6.45) is 0. The highest BCUT2D eigenvalue weighted by molar-refractivity contribution is 7.93. The van der Waals surface area contributed by atoms with E-state index in [0.29, 0.717) is 22.3 Å². The Kier molecular flexibility index (Phi) is 4.82. The lowest BCUT2D eigenvalue weighted by molar-refractivity contribution is -0.0429. The Morgan fingerprint density at radius 3 is 1.87 bits per heavy atom. The number of rotatable bonds is 4. The molecule has 154 valence electrons. The SMILES string of the molecule is COc1ccc2ccccc2c1-c1c(NS(=O)(=O)C(F)(F)F)ccc2ccccc12. The molecule has 30 heavy (non-hydrogen) atoms. The molecule has 4 nitrogen and oxygen atoms in total. The van der Waals surface area contributed by atoms with Gasteiger partial charge in [-0.2, -0.15) is 21.6 Å². The normalized spacial score (nSPS) is 12.3. The first kappa shape index (κ1) is 20.0. The number of hydrogen-bond acceptors (Lipinski definition) is 3. The van der Waals surface area contributed by atoms with Crippen molar-refractivity contribution < 1.29 is 26.3 Å². The highest BCUT2D eigenvalue weighted by Crippen LogP contribution is 2.45. The molecule has 4 rings (SSSR count). The fraction of sp³-hybridized carbons (Fsp3) is 0.0909. The van der Waals surface area contributed by atoms with Crippen LogP contribution in [0.2, 0.25) is 0 Å². The molecule has 0 atom stereocenters. The first-order valence-corrected chi connectivity index (χ1v) is 10.4. The number of nitrogens with one attached hydrogen (secondary N) is 1. The molecule has 0 saturated heterocycles. The van der Waals surface area contributed by atoms with E-state index in [1.165, 1.54) is 13.2 Å². The molecule has 0 spiro atoms. The summed E-state index contributed by atoms with van der Waals surface area (Å²) in [5.74, 6) is 0.414. The lowest BCUT2D eigenvalue weighted by Crippen LogP contribution is -2.30. The number of benzene rings is 4. The van der Waals surface area contributed by atoms with Crippen LogP contribution in [0.15, 0.2) is 72.8 Å². The average Bonchev–Trinajstić information content (AvgIpc) is 2.72. The standard InChI is InChI=1S/C22H16F3NO3S/c1-29-19-13-11-15-7-3-5-9-17(15)21(19)20-16-8-4-2-6-14(16)10-12-18(20)26-30(27,28)22(23,24)25/h2-13,26H,1H3. The zero-order valence-electron chi connectivity index (χ0n) is 15.7. The van der Waals surface area contributed by atoms with Gasteiger partial charge in [-0.3, -0.25) is 4.72 Å². The Labute approximate surface area is 171 Å². The molecule has 0 fully saturated rings. The van der Waals surface area contributed by atoms with Crippen molar-refractivity contribution in [1.29, 1.82) is 0 Å². The third kappa shape index (κ3) is 3.33. The van der Waals surface area contributed by atoms with Crippen molar-refractivity contribution in [3.8, 4) is 16.9 Å². The molecule has 0 saturated carbocycles. The van der Waals surface area contributed by atoms with Gasteiger partial charge < -0.3 is 4.74 Å². The second-order valence-corrected chi connectivity index (χ2v) is 8.30. The molecule has 0 aliphatic heterocycles. The van der Waals surface area contributed by atoms with E-state index in [1.807, 2.05) is 24.3 Å². The summed E-state index contributed by atoms with van der Waals surface area (Å²) in [6, 6.07) is 20.9. The van der Waals surface area contributed by atoms with Crippen LogP contribution < -0.4 is 9.46 Å². The van der Waals surface area contributed by atoms with Gasteiger partial charge in [0.15, 0.2) is 0 Å². The predicted octanol–water partition coefficient (Wildman–Crippen LogP) is 5.93. The summed E-state index contributed by atoms with van der Waals surface area (Å²) in [5.41, 5.74) is -4.80. The molecule has 1 N–H and O–H groups in total. The number of anilines is 1. The van der Waals surface area contributed by atoms with Crippen LogP contribution in [0.3, 0.4) is 0 Å². The van der Waals surface area contributed by atoms with E-state index < -0.39 is 15.5 Å². The summed E-state index contributed by atoms with van der Waals surface area (Å²) in [6.45, 7) is 0. The van der Waals surface area contributed by atoms with Crippen molar-refractivity contribution in [1.82, 2.24) is 0 Å². The van der Waals surface area contributed by atoms with E-state index in [-0.39, 0.29) is 5.69 Å². The Morgan fingerprint density at radius 1 is 0.767 bits per heavy atom. The third-order valence-corrected chi connectivity index (χ3v) is 5.94. The van der Waals surface area contributed by atoms with Crippen molar-refractivity contribution in [3.05, 3.63) is 72.8 Å². The topological polar surface area (TPSA) is 55.4 Å². The lowest BCUT2D eigenvalue weighted by Gasteiger charge is -2.19. The average molecular weight is 431 g/mol. The van der Waals surface area contributed by atoms with Crippen molar-refractivity contribution in [2.75, 3.05) is 11.8 Å². The second kappa shape index (κ2) is 7.21. The molecule has 0 aliphatic rings. The molecule has 0 heterocycles. The van der Waals surface area contributed by atoms with Crippen molar-refractivity contribution in [3.63, 3.8) is 0 Å². The summed E-state index contributed by atoms with van der Waals surface area (Å²) < 4.78 is 70.3. The molecule has 0 aliphatic carbocycles. The first-order valence-electron chi connectivity index (χ1n) is 8.90. The van der Waals surface area contributed by atoms with Crippen LogP contribution in [0.1, 0.15) is 0 Å². The van der Waals surface area contributed by atoms with E-state index >= 15 is 0 Å². The van der Waals surface area contributed by atoms with Gasteiger partial charge in [-0.15, -0.1) is 0 Å². The second-order valence-electron chi connectivity index (χ2n) is 6.62. The van der Waals surface area contributed by atoms with Crippen LogP contribution in [-0.4, -0.2) is 21.0 Å². The Morgan fingerprint density at radius 2 is 1.30 bits per heavy atom. The number of alkyl halides is 3. The van der Waals surface area contributed by atoms with Crippen molar-refractivity contribution in [2.24, 2.45) is 0 Å². The fourth-order valence-corrected chi connectivity index (χ4v) is 4.08. The molecule has 4 aromatic rings. The number of hydrogen-bond donors (Lipinski definition) is 1. The number of methoxy groups -OCH3 is 1. The predicted molar refractivity (Wildman–Crippen MR) is 112 cm³/mol. The van der Waals surface area contributed by atoms with E-state index in [4.69, 9.17) is 4.74 Å². The highest BCUT2D eigenvalue weighted by Gasteiger charge is 2.46. The van der Waals surface area contributed by atoms with E-state index in [0.717, 1.165) is 16.2 Å². The molecular formula is C22H16F3NO3S. The van der Waals surface area contributed by atoms with Gasteiger partial charge in [-0.1, -0.05) is 60.7 Å². The van der Waals surface area contributed by atoms with Gasteiger partial charge in [0.25, 0.3) is 0 Å². The van der Waals surface area contributed by atoms with Gasteiger partial charge in [-0.25, -0.2) is 0 Å². The van der Waals surface area contributed by atoms with Gasteiger partial charge >= 0.3 is 15.5 Å². The number of sulfonamides is 1. The minimum atomic E-state index is -5.61. The van der Waals surface area contributed by atoms with E-state index in [1.54, 1.807) is 47.2 Å². The monoisotopic (exact) mass is 431 g/mol. The van der Waals surface area contributed by atoms with Gasteiger partial charge in [0, 0.05) is 11.1 Å². The maximum Gasteiger partial charge on any atom is 0.516 e. The summed E-state index contributed by atoms with van der Waals surface area (Å²) in [7, 11) is -4.16. The van der Waals surface area contributed by atoms with Gasteiger partial charge in [-0.05, 0) is 33.7 Å². The number of fused-ring (bicyclic) bond motifs is 2. The third-order valence-electron chi connectivity index (χ3n) is 4.84. The van der Waals surface area contributed by atoms with Crippen LogP contribution in [0.4, 0.5) is 18.9 Å². The molecule has 0 amide bonds. The minimum absolute atomic E-state index is 0.180. The Bertz CT molecular complexity index is 1370. The van der Waals surface area contributed by atoms with Crippen LogP contribution in [-0.2, 0) is 10.0 Å². The van der Waals surface area contributed by atoms with Crippen molar-refractivity contribution in [2.45, 2.75) is 5.51 Å². The molecule has 4 aromatic carbocycles. The lowest BCUT2D eigenvalue weighted by atomic mass is 9.92. The summed E-state index contributed by atoms with van der Waals surface area (Å²) in [4.78, 5) is 0. The Hall–Kier alpha value is -3.26. The van der Waals surface area contributed by atoms with E-state index in [9.17, 15) is 21.6 Å². The largest absolute Gasteiger partial charge is 0.516 e. The molecule has 0 radical (unpaired) electrons. The summed E-state index contributed by atoms with van der Waals surface area (Å²) in [5, 5.41) is 2.90. The van der Waals surface area contributed by atoms with E-state index in [2.05, 4.69) is 0 Å². The van der Waals surface area contributed by atoms with Crippen LogP contribution in [0.5, 0.6) is 5.75 Å². The molecule has 0 bridgehead atoms. The van der Waals surface area contributed by atoms with Crippen LogP contribution in [0.25, 0.3) is 32.7 Å². The maximum atomic E-state index is 13.1. The van der Waals surface area contributed by atoms with Crippen LogP contribution in [0, 0.1) is 0 Å². The molecule has 0 aromatic heterocycles. The first-order chi connectivity index (χ1) is 14.2. The number of ether oxygens (including phenoxy) is 1. The molecule has 8 heteroatoms. The quantitative estimate of drug-likeness (QED) is 0.436. The zero-order chi connectivity index (χ0) is 21.5. The smallest absolute Gasteiger partial charge is 0.496 e. The highest BCUT2D eigenvalue weighted by atomic mass is 32.2. The Balaban J connectivity index is 2.12. The van der Waals surface area contributed by atoms with Crippen LogP contribution >= 0.6 is 0 Å². The molecule has 0 unspecified atom stereocenters. The number of halogens is 3. The molecular weight excluding hydrogens is 415 g/mol. The zero-order valence-corrected chi connectivity index (χ0v) is 16.5.